The first kappa shape index (κ1) is 15.5. The van der Waals surface area contributed by atoms with Gasteiger partial charge in [0.15, 0.2) is 9.84 Å². The van der Waals surface area contributed by atoms with Crippen molar-refractivity contribution in [1.82, 2.24) is 4.90 Å². The molecule has 0 unspecified atom stereocenters. The maximum Gasteiger partial charge on any atom is 0.150 e. The molecule has 2 fully saturated rings. The van der Waals surface area contributed by atoms with E-state index >= 15 is 0 Å². The van der Waals surface area contributed by atoms with Gasteiger partial charge in [-0.15, -0.1) is 0 Å². The first-order valence-corrected chi connectivity index (χ1v) is 9.93. The van der Waals surface area contributed by atoms with Crippen LogP contribution in [0, 0.1) is 5.92 Å². The maximum absolute atomic E-state index is 11.6. The molecule has 21 heavy (non-hydrogen) atoms. The van der Waals surface area contributed by atoms with Crippen molar-refractivity contribution in [2.24, 2.45) is 5.92 Å². The van der Waals surface area contributed by atoms with Crippen LogP contribution in [0.5, 0.6) is 0 Å². The molecule has 0 spiro atoms. The molecule has 0 aliphatic carbocycles. The fraction of sp³-hybridized carbons (Fsp3) is 0.600. The van der Waals surface area contributed by atoms with E-state index in [9.17, 15) is 8.42 Å². The number of benzene rings is 1. The minimum atomic E-state index is -2.78. The molecule has 116 valence electrons. The summed E-state index contributed by atoms with van der Waals surface area (Å²) in [6, 6.07) is 8.22. The standard InChI is InChI=1S/C15H20BrNO3S/c16-14-3-1-13(2-4-14)15-10-17(6-7-20-15)9-12-5-8-21(18,19)11-12/h1-4,12,15H,5-11H2/t12-,15-/m0/s1. The van der Waals surface area contributed by atoms with Crippen LogP contribution in [0.2, 0.25) is 0 Å². The Balaban J connectivity index is 1.59. The molecule has 1 aromatic carbocycles. The van der Waals surface area contributed by atoms with Gasteiger partial charge in [0.05, 0.1) is 24.2 Å². The maximum atomic E-state index is 11.6. The van der Waals surface area contributed by atoms with E-state index in [0.717, 1.165) is 30.5 Å². The number of ether oxygens (including phenoxy) is 1. The quantitative estimate of drug-likeness (QED) is 0.814. The summed E-state index contributed by atoms with van der Waals surface area (Å²) < 4.78 is 30.0. The highest BCUT2D eigenvalue weighted by Crippen LogP contribution is 2.26. The molecule has 0 radical (unpaired) electrons. The Kier molecular flexibility index (Phi) is 4.69. The SMILES string of the molecule is O=S1(=O)CC[C@@H](CN2CCO[C@H](c3ccc(Br)cc3)C2)C1. The third kappa shape index (κ3) is 4.06. The molecule has 0 aromatic heterocycles. The topological polar surface area (TPSA) is 46.6 Å². The lowest BCUT2D eigenvalue weighted by molar-refractivity contribution is -0.0335. The summed E-state index contributed by atoms with van der Waals surface area (Å²) in [5.74, 6) is 1.00. The third-order valence-corrected chi connectivity index (χ3v) is 6.60. The van der Waals surface area contributed by atoms with Crippen LogP contribution in [0.15, 0.2) is 28.7 Å². The molecule has 3 rings (SSSR count). The number of rotatable bonds is 3. The Morgan fingerprint density at radius 3 is 2.71 bits per heavy atom. The summed E-state index contributed by atoms with van der Waals surface area (Å²) in [6.07, 6.45) is 0.896. The number of halogens is 1. The van der Waals surface area contributed by atoms with Crippen LogP contribution in [0.1, 0.15) is 18.1 Å². The monoisotopic (exact) mass is 373 g/mol. The molecule has 2 aliphatic rings. The molecule has 4 nitrogen and oxygen atoms in total. The number of sulfone groups is 1. The molecule has 6 heteroatoms. The lowest BCUT2D eigenvalue weighted by Crippen LogP contribution is -2.41. The molecule has 0 amide bonds. The van der Waals surface area contributed by atoms with E-state index in [4.69, 9.17) is 4.74 Å². The zero-order valence-electron chi connectivity index (χ0n) is 11.9. The predicted molar refractivity (Wildman–Crippen MR) is 86.0 cm³/mol. The molecule has 2 saturated heterocycles. The van der Waals surface area contributed by atoms with Gasteiger partial charge in [-0.1, -0.05) is 28.1 Å². The zero-order chi connectivity index (χ0) is 14.9. The van der Waals surface area contributed by atoms with Crippen LogP contribution >= 0.6 is 15.9 Å². The van der Waals surface area contributed by atoms with Crippen molar-refractivity contribution in [3.63, 3.8) is 0 Å². The summed E-state index contributed by atoms with van der Waals surface area (Å²) in [4.78, 5) is 2.35. The molecule has 1 aromatic rings. The Morgan fingerprint density at radius 2 is 2.05 bits per heavy atom. The van der Waals surface area contributed by atoms with E-state index in [-0.39, 0.29) is 6.10 Å². The molecule has 2 atom stereocenters. The van der Waals surface area contributed by atoms with Crippen molar-refractivity contribution < 1.29 is 13.2 Å². The van der Waals surface area contributed by atoms with E-state index < -0.39 is 9.84 Å². The summed E-state index contributed by atoms with van der Waals surface area (Å²) >= 11 is 3.44. The van der Waals surface area contributed by atoms with Crippen LogP contribution in [0.4, 0.5) is 0 Å². The minimum absolute atomic E-state index is 0.0878. The Hall–Kier alpha value is -0.430. The first-order valence-electron chi connectivity index (χ1n) is 7.32. The Morgan fingerprint density at radius 1 is 1.29 bits per heavy atom. The second-order valence-electron chi connectivity index (χ2n) is 5.94. The summed E-state index contributed by atoms with van der Waals surface area (Å²) in [5, 5.41) is 0. The highest BCUT2D eigenvalue weighted by molar-refractivity contribution is 9.10. The Bertz CT molecular complexity index is 587. The van der Waals surface area contributed by atoms with Crippen molar-refractivity contribution in [2.45, 2.75) is 12.5 Å². The summed E-state index contributed by atoms with van der Waals surface area (Å²) in [5.41, 5.74) is 1.18. The molecule has 0 bridgehead atoms. The van der Waals surface area contributed by atoms with Gasteiger partial charge >= 0.3 is 0 Å². The van der Waals surface area contributed by atoms with Crippen LogP contribution in [0.3, 0.4) is 0 Å². The molecule has 2 heterocycles. The second-order valence-corrected chi connectivity index (χ2v) is 9.08. The van der Waals surface area contributed by atoms with Crippen LogP contribution in [-0.2, 0) is 14.6 Å². The highest BCUT2D eigenvalue weighted by Gasteiger charge is 2.31. The van der Waals surface area contributed by atoms with Crippen molar-refractivity contribution >= 4 is 25.8 Å². The number of nitrogens with zero attached hydrogens (tertiary/aromatic N) is 1. The number of hydrogen-bond donors (Lipinski definition) is 0. The summed E-state index contributed by atoms with van der Waals surface area (Å²) in [6.45, 7) is 3.32. The van der Waals surface area contributed by atoms with Crippen molar-refractivity contribution in [3.05, 3.63) is 34.3 Å². The highest BCUT2D eigenvalue weighted by atomic mass is 79.9. The van der Waals surface area contributed by atoms with Gasteiger partial charge in [-0.2, -0.15) is 0 Å². The van der Waals surface area contributed by atoms with Crippen molar-refractivity contribution in [3.8, 4) is 0 Å². The van der Waals surface area contributed by atoms with E-state index in [0.29, 0.717) is 24.0 Å². The molecule has 2 aliphatic heterocycles. The van der Waals surface area contributed by atoms with Crippen LogP contribution in [0.25, 0.3) is 0 Å². The van der Waals surface area contributed by atoms with Gasteiger partial charge in [0.2, 0.25) is 0 Å². The Labute approximate surface area is 134 Å². The largest absolute Gasteiger partial charge is 0.371 e. The third-order valence-electron chi connectivity index (χ3n) is 4.24. The van der Waals surface area contributed by atoms with Crippen LogP contribution < -0.4 is 0 Å². The zero-order valence-corrected chi connectivity index (χ0v) is 14.3. The molecular formula is C15H20BrNO3S. The molecule has 0 saturated carbocycles. The van der Waals surface area contributed by atoms with E-state index in [2.05, 4.69) is 33.0 Å². The predicted octanol–water partition coefficient (Wildman–Crippen LogP) is 2.26. The van der Waals surface area contributed by atoms with Gasteiger partial charge in [0.25, 0.3) is 0 Å². The van der Waals surface area contributed by atoms with Crippen LogP contribution in [-0.4, -0.2) is 51.1 Å². The smallest absolute Gasteiger partial charge is 0.150 e. The van der Waals surface area contributed by atoms with E-state index in [1.54, 1.807) is 0 Å². The van der Waals surface area contributed by atoms with E-state index in [1.807, 2.05) is 12.1 Å². The van der Waals surface area contributed by atoms with Gasteiger partial charge in [0.1, 0.15) is 0 Å². The minimum Gasteiger partial charge on any atom is -0.371 e. The lowest BCUT2D eigenvalue weighted by atomic mass is 10.1. The lowest BCUT2D eigenvalue weighted by Gasteiger charge is -2.34. The average Bonchev–Trinajstić information content (AvgIpc) is 2.79. The van der Waals surface area contributed by atoms with Crippen molar-refractivity contribution in [2.75, 3.05) is 37.7 Å². The molecule has 0 N–H and O–H groups in total. The number of hydrogen-bond acceptors (Lipinski definition) is 4. The second kappa shape index (κ2) is 6.36. The van der Waals surface area contributed by atoms with Gasteiger partial charge in [0, 0.05) is 24.1 Å². The van der Waals surface area contributed by atoms with Gasteiger partial charge in [-0.25, -0.2) is 8.42 Å². The van der Waals surface area contributed by atoms with Crippen molar-refractivity contribution in [1.29, 1.82) is 0 Å². The number of morpholine rings is 1. The average molecular weight is 374 g/mol. The fourth-order valence-electron chi connectivity index (χ4n) is 3.13. The van der Waals surface area contributed by atoms with Gasteiger partial charge < -0.3 is 4.74 Å². The van der Waals surface area contributed by atoms with E-state index in [1.165, 1.54) is 5.56 Å². The van der Waals surface area contributed by atoms with Gasteiger partial charge in [-0.3, -0.25) is 4.90 Å². The first-order chi connectivity index (χ1) is 10.0. The fourth-order valence-corrected chi connectivity index (χ4v) is 5.24. The summed E-state index contributed by atoms with van der Waals surface area (Å²) in [7, 11) is -2.78. The molecular weight excluding hydrogens is 354 g/mol. The normalized spacial score (nSPS) is 29.6. The van der Waals surface area contributed by atoms with Gasteiger partial charge in [-0.05, 0) is 30.0 Å².